The lowest BCUT2D eigenvalue weighted by Crippen LogP contribution is -2.40. The van der Waals surface area contributed by atoms with Crippen LogP contribution in [0.25, 0.3) is 0 Å². The Morgan fingerprint density at radius 2 is 2.16 bits per heavy atom. The molecule has 0 saturated carbocycles. The average molecular weight is 260 g/mol. The first kappa shape index (κ1) is 15.5. The van der Waals surface area contributed by atoms with Crippen molar-refractivity contribution in [2.24, 2.45) is 11.1 Å². The maximum absolute atomic E-state index is 9.33. The van der Waals surface area contributed by atoms with Crippen LogP contribution in [0.4, 0.5) is 5.82 Å². The highest BCUT2D eigenvalue weighted by Gasteiger charge is 2.23. The molecule has 4 heteroatoms. The van der Waals surface area contributed by atoms with Crippen molar-refractivity contribution in [3.05, 3.63) is 23.4 Å². The van der Waals surface area contributed by atoms with Gasteiger partial charge in [0.25, 0.3) is 0 Å². The second-order valence-corrected chi connectivity index (χ2v) is 5.73. The molecule has 4 nitrogen and oxygen atoms in total. The van der Waals surface area contributed by atoms with E-state index in [2.05, 4.69) is 36.7 Å². The lowest BCUT2D eigenvalue weighted by atomic mass is 9.92. The van der Waals surface area contributed by atoms with E-state index in [4.69, 9.17) is 5.73 Å². The quantitative estimate of drug-likeness (QED) is 0.853. The van der Waals surface area contributed by atoms with Crippen molar-refractivity contribution in [1.29, 1.82) is 5.26 Å². The summed E-state index contributed by atoms with van der Waals surface area (Å²) in [6.45, 7) is 10.7. The maximum Gasteiger partial charge on any atom is 0.146 e. The fourth-order valence-corrected chi connectivity index (χ4v) is 2.03. The van der Waals surface area contributed by atoms with Crippen molar-refractivity contribution in [1.82, 2.24) is 4.98 Å². The molecule has 19 heavy (non-hydrogen) atoms. The Bertz CT molecular complexity index is 460. The van der Waals surface area contributed by atoms with Crippen molar-refractivity contribution < 1.29 is 0 Å². The third-order valence-electron chi connectivity index (χ3n) is 3.22. The zero-order valence-electron chi connectivity index (χ0n) is 12.4. The molecule has 0 aliphatic heterocycles. The first-order valence-electron chi connectivity index (χ1n) is 6.76. The number of aryl methyl sites for hydroxylation is 1. The number of nitrogens with zero attached hydrogens (tertiary/aromatic N) is 3. The zero-order valence-corrected chi connectivity index (χ0v) is 12.4. The van der Waals surface area contributed by atoms with Gasteiger partial charge in [-0.1, -0.05) is 20.8 Å². The van der Waals surface area contributed by atoms with Crippen molar-refractivity contribution in [2.75, 3.05) is 24.5 Å². The van der Waals surface area contributed by atoms with E-state index in [1.54, 1.807) is 6.20 Å². The minimum Gasteiger partial charge on any atom is -0.355 e. The van der Waals surface area contributed by atoms with E-state index in [1.807, 2.05) is 13.0 Å². The molecule has 104 valence electrons. The van der Waals surface area contributed by atoms with E-state index in [1.165, 1.54) is 0 Å². The molecule has 0 fully saturated rings. The van der Waals surface area contributed by atoms with Gasteiger partial charge in [-0.2, -0.15) is 5.26 Å². The number of pyridine rings is 1. The van der Waals surface area contributed by atoms with Gasteiger partial charge in [-0.25, -0.2) is 4.98 Å². The summed E-state index contributed by atoms with van der Waals surface area (Å²) in [4.78, 5) is 6.59. The normalized spacial score (nSPS) is 11.2. The molecule has 0 aromatic carbocycles. The van der Waals surface area contributed by atoms with Crippen molar-refractivity contribution in [3.63, 3.8) is 0 Å². The van der Waals surface area contributed by atoms with Gasteiger partial charge >= 0.3 is 0 Å². The van der Waals surface area contributed by atoms with Gasteiger partial charge in [0.05, 0.1) is 5.56 Å². The number of anilines is 1. The van der Waals surface area contributed by atoms with Crippen LogP contribution < -0.4 is 10.6 Å². The number of rotatable bonds is 6. The topological polar surface area (TPSA) is 65.9 Å². The molecule has 0 unspecified atom stereocenters. The summed E-state index contributed by atoms with van der Waals surface area (Å²) < 4.78 is 0. The van der Waals surface area contributed by atoms with Gasteiger partial charge < -0.3 is 10.6 Å². The lowest BCUT2D eigenvalue weighted by molar-refractivity contribution is 0.376. The van der Waals surface area contributed by atoms with Crippen LogP contribution in [-0.4, -0.2) is 24.6 Å². The van der Waals surface area contributed by atoms with Crippen LogP contribution in [0.15, 0.2) is 12.3 Å². The Morgan fingerprint density at radius 1 is 1.47 bits per heavy atom. The summed E-state index contributed by atoms with van der Waals surface area (Å²) in [6.07, 6.45) is 2.78. The Balaban J connectivity index is 3.13. The molecule has 0 atom stereocenters. The van der Waals surface area contributed by atoms with Gasteiger partial charge in [-0.05, 0) is 36.9 Å². The van der Waals surface area contributed by atoms with Crippen LogP contribution in [0, 0.1) is 23.7 Å². The predicted molar refractivity (Wildman–Crippen MR) is 79.0 cm³/mol. The van der Waals surface area contributed by atoms with Crippen LogP contribution in [0.5, 0.6) is 0 Å². The number of aromatic nitrogens is 1. The van der Waals surface area contributed by atoms with E-state index >= 15 is 0 Å². The minimum absolute atomic E-state index is 0.00726. The smallest absolute Gasteiger partial charge is 0.146 e. The molecule has 1 heterocycles. The largest absolute Gasteiger partial charge is 0.355 e. The third kappa shape index (κ3) is 3.93. The molecule has 1 aromatic rings. The van der Waals surface area contributed by atoms with E-state index in [-0.39, 0.29) is 5.41 Å². The molecule has 1 rings (SSSR count). The zero-order chi connectivity index (χ0) is 14.5. The number of nitrogens with two attached hydrogens (primary N) is 1. The van der Waals surface area contributed by atoms with E-state index < -0.39 is 0 Å². The molecule has 1 aromatic heterocycles. The Labute approximate surface area is 116 Å². The molecule has 0 spiro atoms. The Hall–Kier alpha value is -1.60. The van der Waals surface area contributed by atoms with Crippen molar-refractivity contribution in [2.45, 2.75) is 34.1 Å². The molecule has 0 amide bonds. The molecule has 0 bridgehead atoms. The summed E-state index contributed by atoms with van der Waals surface area (Å²) in [6, 6.07) is 4.15. The summed E-state index contributed by atoms with van der Waals surface area (Å²) in [5.74, 6) is 0.783. The second-order valence-electron chi connectivity index (χ2n) is 5.73. The highest BCUT2D eigenvalue weighted by molar-refractivity contribution is 5.57. The van der Waals surface area contributed by atoms with Gasteiger partial charge in [-0.15, -0.1) is 0 Å². The summed E-state index contributed by atoms with van der Waals surface area (Å²) in [5.41, 5.74) is 7.47. The van der Waals surface area contributed by atoms with Crippen LogP contribution in [0.2, 0.25) is 0 Å². The third-order valence-corrected chi connectivity index (χ3v) is 3.22. The van der Waals surface area contributed by atoms with Gasteiger partial charge in [0.2, 0.25) is 0 Å². The Morgan fingerprint density at radius 3 is 2.68 bits per heavy atom. The number of nitriles is 1. The van der Waals surface area contributed by atoms with Gasteiger partial charge in [0.1, 0.15) is 11.9 Å². The van der Waals surface area contributed by atoms with Crippen LogP contribution in [0.1, 0.15) is 38.3 Å². The van der Waals surface area contributed by atoms with Crippen LogP contribution in [0.3, 0.4) is 0 Å². The predicted octanol–water partition coefficient (Wildman–Crippen LogP) is 2.46. The molecular weight excluding hydrogens is 236 g/mol. The Kier molecular flexibility index (Phi) is 5.31. The molecule has 0 radical (unpaired) electrons. The molecule has 0 saturated heterocycles. The fourth-order valence-electron chi connectivity index (χ4n) is 2.03. The fraction of sp³-hybridized carbons (Fsp3) is 0.600. The SMILES string of the molecule is CCCN(CC(C)(C)CN)c1nccc(C)c1C#N. The standard InChI is InChI=1S/C15H24N4/c1-5-8-19(11-15(3,4)10-17)14-13(9-16)12(2)6-7-18-14/h6-7H,5,8,10-11,17H2,1-4H3. The van der Waals surface area contributed by atoms with Crippen molar-refractivity contribution >= 4 is 5.82 Å². The summed E-state index contributed by atoms with van der Waals surface area (Å²) in [5, 5.41) is 9.33. The first-order chi connectivity index (χ1) is 8.95. The van der Waals surface area contributed by atoms with E-state index in [9.17, 15) is 5.26 Å². The van der Waals surface area contributed by atoms with Crippen molar-refractivity contribution in [3.8, 4) is 6.07 Å². The lowest BCUT2D eigenvalue weighted by Gasteiger charge is -2.33. The first-order valence-corrected chi connectivity index (χ1v) is 6.76. The van der Waals surface area contributed by atoms with E-state index in [0.29, 0.717) is 12.1 Å². The summed E-state index contributed by atoms with van der Waals surface area (Å²) in [7, 11) is 0. The van der Waals surface area contributed by atoms with Crippen LogP contribution >= 0.6 is 0 Å². The average Bonchev–Trinajstić information content (AvgIpc) is 2.38. The highest BCUT2D eigenvalue weighted by atomic mass is 15.2. The maximum atomic E-state index is 9.33. The minimum atomic E-state index is 0.00726. The molecule has 0 aliphatic carbocycles. The number of hydrogen-bond donors (Lipinski definition) is 1. The molecule has 0 aliphatic rings. The van der Waals surface area contributed by atoms with Gasteiger partial charge in [0, 0.05) is 19.3 Å². The van der Waals surface area contributed by atoms with Crippen LogP contribution in [-0.2, 0) is 0 Å². The summed E-state index contributed by atoms with van der Waals surface area (Å²) >= 11 is 0. The highest BCUT2D eigenvalue weighted by Crippen LogP contribution is 2.24. The molecule has 2 N–H and O–H groups in total. The van der Waals surface area contributed by atoms with Gasteiger partial charge in [0.15, 0.2) is 0 Å². The molecular formula is C15H24N4. The second kappa shape index (κ2) is 6.53. The monoisotopic (exact) mass is 260 g/mol. The van der Waals surface area contributed by atoms with E-state index in [0.717, 1.165) is 30.9 Å². The number of hydrogen-bond acceptors (Lipinski definition) is 4. The van der Waals surface area contributed by atoms with Gasteiger partial charge in [-0.3, -0.25) is 0 Å².